The minimum Gasteiger partial charge on any atom is -0.398 e. The molecule has 0 aliphatic carbocycles. The van der Waals surface area contributed by atoms with Crippen molar-refractivity contribution in [2.24, 2.45) is 0 Å². The zero-order valence-corrected chi connectivity index (χ0v) is 9.61. The van der Waals surface area contributed by atoms with Gasteiger partial charge in [0.25, 0.3) is 0 Å². The molecule has 1 heteroatoms. The molecule has 0 heterocycles. The van der Waals surface area contributed by atoms with Gasteiger partial charge in [0.1, 0.15) is 0 Å². The number of hydrogen-bond acceptors (Lipinski definition) is 1. The van der Waals surface area contributed by atoms with Crippen molar-refractivity contribution in [3.8, 4) is 0 Å². The molecule has 1 nitrogen and oxygen atoms in total. The van der Waals surface area contributed by atoms with Crippen LogP contribution >= 0.6 is 0 Å². The van der Waals surface area contributed by atoms with Crippen molar-refractivity contribution in [2.45, 2.75) is 19.8 Å². The molecule has 2 N–H and O–H groups in total. The van der Waals surface area contributed by atoms with Gasteiger partial charge < -0.3 is 5.73 Å². The van der Waals surface area contributed by atoms with Gasteiger partial charge in [0.15, 0.2) is 0 Å². The van der Waals surface area contributed by atoms with E-state index in [4.69, 9.17) is 5.73 Å². The summed E-state index contributed by atoms with van der Waals surface area (Å²) in [6.45, 7) is 2.17. The van der Waals surface area contributed by atoms with Crippen LogP contribution < -0.4 is 5.73 Å². The minimum atomic E-state index is 0.906. The SMILES string of the molecule is CCc1cccc(N)c1Cc1ccccc1. The van der Waals surface area contributed by atoms with E-state index in [9.17, 15) is 0 Å². The summed E-state index contributed by atoms with van der Waals surface area (Å²) in [6, 6.07) is 16.6. The van der Waals surface area contributed by atoms with E-state index in [2.05, 4.69) is 37.3 Å². The fourth-order valence-corrected chi connectivity index (χ4v) is 2.00. The molecule has 0 aliphatic heterocycles. The largest absolute Gasteiger partial charge is 0.398 e. The van der Waals surface area contributed by atoms with E-state index in [0.29, 0.717) is 0 Å². The Kier molecular flexibility index (Phi) is 3.25. The molecule has 82 valence electrons. The van der Waals surface area contributed by atoms with Crippen LogP contribution in [0.4, 0.5) is 5.69 Å². The predicted octanol–water partition coefficient (Wildman–Crippen LogP) is 3.42. The highest BCUT2D eigenvalue weighted by atomic mass is 14.6. The van der Waals surface area contributed by atoms with E-state index >= 15 is 0 Å². The summed E-state index contributed by atoms with van der Waals surface area (Å²) in [5.74, 6) is 0. The van der Waals surface area contributed by atoms with Gasteiger partial charge >= 0.3 is 0 Å². The molecule has 0 unspecified atom stereocenters. The third kappa shape index (κ3) is 2.25. The maximum absolute atomic E-state index is 6.04. The number of rotatable bonds is 3. The first kappa shape index (κ1) is 10.7. The number of nitrogens with two attached hydrogens (primary N) is 1. The van der Waals surface area contributed by atoms with Gasteiger partial charge in [0.05, 0.1) is 0 Å². The first-order valence-electron chi connectivity index (χ1n) is 5.71. The van der Waals surface area contributed by atoms with Crippen LogP contribution in [0.3, 0.4) is 0 Å². The molecular formula is C15H17N. The third-order valence-electron chi connectivity index (χ3n) is 2.91. The maximum Gasteiger partial charge on any atom is 0.0352 e. The van der Waals surface area contributed by atoms with Crippen molar-refractivity contribution >= 4 is 5.69 Å². The van der Waals surface area contributed by atoms with Gasteiger partial charge in [0, 0.05) is 5.69 Å². The van der Waals surface area contributed by atoms with E-state index in [1.807, 2.05) is 18.2 Å². The van der Waals surface area contributed by atoms with Crippen LogP contribution in [0.15, 0.2) is 48.5 Å². The van der Waals surface area contributed by atoms with E-state index in [1.54, 1.807) is 0 Å². The lowest BCUT2D eigenvalue weighted by atomic mass is 9.97. The van der Waals surface area contributed by atoms with Crippen LogP contribution in [0, 0.1) is 0 Å². The fraction of sp³-hybridized carbons (Fsp3) is 0.200. The molecule has 0 fully saturated rings. The summed E-state index contributed by atoms with van der Waals surface area (Å²) >= 11 is 0. The van der Waals surface area contributed by atoms with Gasteiger partial charge in [-0.25, -0.2) is 0 Å². The topological polar surface area (TPSA) is 26.0 Å². The number of nitrogen functional groups attached to an aromatic ring is 1. The molecule has 2 rings (SSSR count). The fourth-order valence-electron chi connectivity index (χ4n) is 2.00. The number of anilines is 1. The van der Waals surface area contributed by atoms with Crippen molar-refractivity contribution in [1.82, 2.24) is 0 Å². The van der Waals surface area contributed by atoms with Crippen molar-refractivity contribution in [3.63, 3.8) is 0 Å². The highest BCUT2D eigenvalue weighted by Crippen LogP contribution is 2.21. The van der Waals surface area contributed by atoms with Crippen molar-refractivity contribution in [3.05, 3.63) is 65.2 Å². The number of hydrogen-bond donors (Lipinski definition) is 1. The van der Waals surface area contributed by atoms with Crippen molar-refractivity contribution in [2.75, 3.05) is 5.73 Å². The molecule has 0 atom stereocenters. The molecule has 0 spiro atoms. The van der Waals surface area contributed by atoms with Crippen LogP contribution in [-0.4, -0.2) is 0 Å². The third-order valence-corrected chi connectivity index (χ3v) is 2.91. The first-order valence-corrected chi connectivity index (χ1v) is 5.71. The average molecular weight is 211 g/mol. The van der Waals surface area contributed by atoms with Gasteiger partial charge in [0.2, 0.25) is 0 Å². The molecule has 16 heavy (non-hydrogen) atoms. The molecule has 2 aromatic carbocycles. The van der Waals surface area contributed by atoms with Gasteiger partial charge in [-0.2, -0.15) is 0 Å². The summed E-state index contributed by atoms with van der Waals surface area (Å²) in [5, 5.41) is 0. The van der Waals surface area contributed by atoms with Crippen LogP contribution in [-0.2, 0) is 12.8 Å². The van der Waals surface area contributed by atoms with Gasteiger partial charge in [-0.15, -0.1) is 0 Å². The minimum absolute atomic E-state index is 0.906. The average Bonchev–Trinajstić information content (AvgIpc) is 2.33. The Labute approximate surface area is 96.9 Å². The number of aryl methyl sites for hydroxylation is 1. The second kappa shape index (κ2) is 4.84. The zero-order valence-electron chi connectivity index (χ0n) is 9.61. The molecule has 0 saturated heterocycles. The van der Waals surface area contributed by atoms with Crippen LogP contribution in [0.5, 0.6) is 0 Å². The smallest absolute Gasteiger partial charge is 0.0352 e. The summed E-state index contributed by atoms with van der Waals surface area (Å²) in [5.41, 5.74) is 10.9. The molecule has 0 aliphatic rings. The van der Waals surface area contributed by atoms with Crippen LogP contribution in [0.2, 0.25) is 0 Å². The molecule has 0 bridgehead atoms. The van der Waals surface area contributed by atoms with Crippen molar-refractivity contribution < 1.29 is 0 Å². The quantitative estimate of drug-likeness (QED) is 0.773. The lowest BCUT2D eigenvalue weighted by Crippen LogP contribution is -2.00. The predicted molar refractivity (Wildman–Crippen MR) is 69.5 cm³/mol. The molecule has 2 aromatic rings. The first-order chi connectivity index (χ1) is 7.81. The Morgan fingerprint density at radius 3 is 2.38 bits per heavy atom. The lowest BCUT2D eigenvalue weighted by Gasteiger charge is -2.11. The lowest BCUT2D eigenvalue weighted by molar-refractivity contribution is 1.06. The Morgan fingerprint density at radius 1 is 0.938 bits per heavy atom. The zero-order chi connectivity index (χ0) is 11.4. The molecule has 0 amide bonds. The van der Waals surface area contributed by atoms with Crippen molar-refractivity contribution in [1.29, 1.82) is 0 Å². The normalized spacial score (nSPS) is 10.3. The molecule has 0 radical (unpaired) electrons. The van der Waals surface area contributed by atoms with Gasteiger partial charge in [-0.1, -0.05) is 49.4 Å². The number of benzene rings is 2. The summed E-state index contributed by atoms with van der Waals surface area (Å²) < 4.78 is 0. The second-order valence-electron chi connectivity index (χ2n) is 4.00. The highest BCUT2D eigenvalue weighted by Gasteiger charge is 2.05. The van der Waals surface area contributed by atoms with Crippen LogP contribution in [0.1, 0.15) is 23.6 Å². The Hall–Kier alpha value is -1.76. The van der Waals surface area contributed by atoms with E-state index in [-0.39, 0.29) is 0 Å². The van der Waals surface area contributed by atoms with Gasteiger partial charge in [-0.05, 0) is 35.6 Å². The Balaban J connectivity index is 2.34. The van der Waals surface area contributed by atoms with E-state index in [0.717, 1.165) is 18.5 Å². The highest BCUT2D eigenvalue weighted by molar-refractivity contribution is 5.52. The van der Waals surface area contributed by atoms with E-state index < -0.39 is 0 Å². The molecule has 0 aromatic heterocycles. The Morgan fingerprint density at radius 2 is 1.69 bits per heavy atom. The standard InChI is InChI=1S/C15H17N/c1-2-13-9-6-10-15(16)14(13)11-12-7-4-3-5-8-12/h3-10H,2,11,16H2,1H3. The summed E-state index contributed by atoms with van der Waals surface area (Å²) in [7, 11) is 0. The maximum atomic E-state index is 6.04. The molecule has 0 saturated carbocycles. The Bertz CT molecular complexity index is 460. The monoisotopic (exact) mass is 211 g/mol. The summed E-state index contributed by atoms with van der Waals surface area (Å²) in [4.78, 5) is 0. The molecular weight excluding hydrogens is 194 g/mol. The van der Waals surface area contributed by atoms with Gasteiger partial charge in [-0.3, -0.25) is 0 Å². The van der Waals surface area contributed by atoms with Crippen LogP contribution in [0.25, 0.3) is 0 Å². The summed E-state index contributed by atoms with van der Waals surface area (Å²) in [6.07, 6.45) is 1.96. The second-order valence-corrected chi connectivity index (χ2v) is 4.00. The van der Waals surface area contributed by atoms with E-state index in [1.165, 1.54) is 16.7 Å².